The first-order valence-corrected chi connectivity index (χ1v) is 11.2. The van der Waals surface area contributed by atoms with Gasteiger partial charge in [0.25, 0.3) is 5.56 Å². The minimum absolute atomic E-state index is 0.0608. The van der Waals surface area contributed by atoms with Gasteiger partial charge in [-0.25, -0.2) is 9.66 Å². The lowest BCUT2D eigenvalue weighted by Crippen LogP contribution is -2.31. The number of carbonyl (C=O) groups excluding carboxylic acids is 1. The van der Waals surface area contributed by atoms with Gasteiger partial charge in [-0.3, -0.25) is 9.59 Å². The molecule has 2 aromatic heterocycles. The molecule has 0 aliphatic carbocycles. The van der Waals surface area contributed by atoms with E-state index in [1.807, 2.05) is 66.0 Å². The number of hydrogen-bond donors (Lipinski definition) is 1. The average molecular weight is 437 g/mol. The molecule has 0 saturated carbocycles. The Labute approximate surface area is 181 Å². The first-order valence-electron chi connectivity index (χ1n) is 9.30. The highest BCUT2D eigenvalue weighted by atomic mass is 32.2. The molecule has 2 N–H and O–H groups in total. The predicted octanol–water partition coefficient (Wildman–Crippen LogP) is 3.59. The van der Waals surface area contributed by atoms with Gasteiger partial charge in [0.2, 0.25) is 5.91 Å². The van der Waals surface area contributed by atoms with Crippen molar-refractivity contribution in [1.29, 1.82) is 0 Å². The normalized spacial score (nSPS) is 11.0. The van der Waals surface area contributed by atoms with Crippen LogP contribution in [-0.2, 0) is 11.3 Å². The van der Waals surface area contributed by atoms with E-state index in [2.05, 4.69) is 4.98 Å². The summed E-state index contributed by atoms with van der Waals surface area (Å²) in [5.74, 6) is 6.13. The lowest BCUT2D eigenvalue weighted by molar-refractivity contribution is -0.127. The van der Waals surface area contributed by atoms with Crippen LogP contribution >= 0.6 is 23.1 Å². The molecule has 0 atom stereocenters. The second kappa shape index (κ2) is 8.73. The SMILES string of the molecule is CN(Cc1ccccc1)C(=O)CSc1nc2scc(-c3ccccc3)c2c(=O)n1N. The highest BCUT2D eigenvalue weighted by Crippen LogP contribution is 2.31. The zero-order valence-electron chi connectivity index (χ0n) is 16.3. The Morgan fingerprint density at radius 1 is 1.13 bits per heavy atom. The van der Waals surface area contributed by atoms with Crippen molar-refractivity contribution in [3.05, 3.63) is 82.0 Å². The van der Waals surface area contributed by atoms with Crippen LogP contribution in [-0.4, -0.2) is 33.3 Å². The van der Waals surface area contributed by atoms with Gasteiger partial charge in [-0.2, -0.15) is 0 Å². The number of thioether (sulfide) groups is 1. The number of nitrogen functional groups attached to an aromatic ring is 1. The van der Waals surface area contributed by atoms with Gasteiger partial charge in [-0.15, -0.1) is 11.3 Å². The van der Waals surface area contributed by atoms with Gasteiger partial charge in [0.05, 0.1) is 11.1 Å². The minimum atomic E-state index is -0.312. The number of fused-ring (bicyclic) bond motifs is 1. The van der Waals surface area contributed by atoms with E-state index in [-0.39, 0.29) is 17.2 Å². The van der Waals surface area contributed by atoms with Crippen LogP contribution in [0.2, 0.25) is 0 Å². The van der Waals surface area contributed by atoms with Crippen molar-refractivity contribution in [2.45, 2.75) is 11.7 Å². The van der Waals surface area contributed by atoms with E-state index < -0.39 is 0 Å². The molecule has 152 valence electrons. The van der Waals surface area contributed by atoms with Gasteiger partial charge in [0, 0.05) is 24.5 Å². The molecular weight excluding hydrogens is 416 g/mol. The van der Waals surface area contributed by atoms with Gasteiger partial charge < -0.3 is 10.7 Å². The molecular formula is C22H20N4O2S2. The highest BCUT2D eigenvalue weighted by Gasteiger charge is 2.18. The molecule has 2 heterocycles. The molecule has 4 rings (SSSR count). The molecule has 0 radical (unpaired) electrons. The summed E-state index contributed by atoms with van der Waals surface area (Å²) in [4.78, 5) is 32.3. The Bertz CT molecular complexity index is 1240. The van der Waals surface area contributed by atoms with Crippen molar-refractivity contribution in [1.82, 2.24) is 14.6 Å². The molecule has 6 nitrogen and oxygen atoms in total. The summed E-state index contributed by atoms with van der Waals surface area (Å²) in [5, 5.41) is 2.75. The number of amides is 1. The fourth-order valence-corrected chi connectivity index (χ4v) is 4.94. The highest BCUT2D eigenvalue weighted by molar-refractivity contribution is 7.99. The van der Waals surface area contributed by atoms with Crippen molar-refractivity contribution in [2.24, 2.45) is 0 Å². The maximum Gasteiger partial charge on any atom is 0.282 e. The lowest BCUT2D eigenvalue weighted by Gasteiger charge is -2.17. The molecule has 0 unspecified atom stereocenters. The molecule has 0 spiro atoms. The van der Waals surface area contributed by atoms with E-state index in [1.165, 1.54) is 23.1 Å². The van der Waals surface area contributed by atoms with E-state index in [9.17, 15) is 9.59 Å². The summed E-state index contributed by atoms with van der Waals surface area (Å²) in [6.07, 6.45) is 0. The molecule has 0 saturated heterocycles. The quantitative estimate of drug-likeness (QED) is 0.284. The maximum atomic E-state index is 12.9. The Kier molecular flexibility index (Phi) is 5.87. The van der Waals surface area contributed by atoms with Crippen molar-refractivity contribution >= 4 is 39.2 Å². The number of rotatable bonds is 6. The van der Waals surface area contributed by atoms with Crippen LogP contribution in [0.1, 0.15) is 5.56 Å². The summed E-state index contributed by atoms with van der Waals surface area (Å²) in [5.41, 5.74) is 2.51. The van der Waals surface area contributed by atoms with E-state index in [4.69, 9.17) is 5.84 Å². The number of benzene rings is 2. The van der Waals surface area contributed by atoms with Gasteiger partial charge in [-0.05, 0) is 11.1 Å². The predicted molar refractivity (Wildman–Crippen MR) is 123 cm³/mol. The van der Waals surface area contributed by atoms with E-state index in [0.29, 0.717) is 21.9 Å². The summed E-state index contributed by atoms with van der Waals surface area (Å²) >= 11 is 2.57. The topological polar surface area (TPSA) is 81.2 Å². The fraction of sp³-hybridized carbons (Fsp3) is 0.136. The second-order valence-corrected chi connectivity index (χ2v) is 8.59. The fourth-order valence-electron chi connectivity index (χ4n) is 3.10. The van der Waals surface area contributed by atoms with Crippen LogP contribution in [0.3, 0.4) is 0 Å². The first kappa shape index (κ1) is 20.2. The molecule has 2 aromatic carbocycles. The second-order valence-electron chi connectivity index (χ2n) is 6.79. The van der Waals surface area contributed by atoms with Gasteiger partial charge >= 0.3 is 0 Å². The van der Waals surface area contributed by atoms with Crippen LogP contribution < -0.4 is 11.4 Å². The van der Waals surface area contributed by atoms with Crippen molar-refractivity contribution < 1.29 is 4.79 Å². The Hall–Kier alpha value is -3.10. The Morgan fingerprint density at radius 2 is 1.80 bits per heavy atom. The molecule has 0 aliphatic rings. The number of nitrogens with two attached hydrogens (primary N) is 1. The van der Waals surface area contributed by atoms with E-state index in [0.717, 1.165) is 21.4 Å². The summed E-state index contributed by atoms with van der Waals surface area (Å²) in [6, 6.07) is 19.5. The number of aromatic nitrogens is 2. The number of hydrogen-bond acceptors (Lipinski definition) is 6. The third-order valence-electron chi connectivity index (χ3n) is 4.71. The van der Waals surface area contributed by atoms with E-state index in [1.54, 1.807) is 11.9 Å². The number of carbonyl (C=O) groups is 1. The average Bonchev–Trinajstić information content (AvgIpc) is 3.20. The molecule has 8 heteroatoms. The third-order valence-corrected chi connectivity index (χ3v) is 6.52. The van der Waals surface area contributed by atoms with E-state index >= 15 is 0 Å². The molecule has 1 amide bonds. The molecule has 0 fully saturated rings. The number of thiophene rings is 1. The summed E-state index contributed by atoms with van der Waals surface area (Å²) in [6.45, 7) is 0.521. The summed E-state index contributed by atoms with van der Waals surface area (Å²) in [7, 11) is 1.76. The Balaban J connectivity index is 1.53. The monoisotopic (exact) mass is 436 g/mol. The van der Waals surface area contributed by atoms with Gasteiger partial charge in [-0.1, -0.05) is 72.4 Å². The standard InChI is InChI=1S/C22H20N4O2S2/c1-25(12-15-8-4-2-5-9-15)18(27)14-30-22-24-20-19(21(28)26(22)23)17(13-29-20)16-10-6-3-7-11-16/h2-11,13H,12,14,23H2,1H3. The van der Waals surface area contributed by atoms with Crippen LogP contribution in [0.4, 0.5) is 0 Å². The molecule has 4 aromatic rings. The Morgan fingerprint density at radius 3 is 2.50 bits per heavy atom. The summed E-state index contributed by atoms with van der Waals surface area (Å²) < 4.78 is 1.04. The van der Waals surface area contributed by atoms with Crippen molar-refractivity contribution in [3.8, 4) is 11.1 Å². The largest absolute Gasteiger partial charge is 0.341 e. The van der Waals surface area contributed by atoms with Crippen LogP contribution in [0, 0.1) is 0 Å². The lowest BCUT2D eigenvalue weighted by atomic mass is 10.1. The smallest absolute Gasteiger partial charge is 0.282 e. The van der Waals surface area contributed by atoms with Crippen molar-refractivity contribution in [2.75, 3.05) is 18.6 Å². The zero-order valence-corrected chi connectivity index (χ0v) is 18.0. The van der Waals surface area contributed by atoms with Crippen LogP contribution in [0.5, 0.6) is 0 Å². The first-order chi connectivity index (χ1) is 14.5. The third kappa shape index (κ3) is 4.10. The van der Waals surface area contributed by atoms with Crippen molar-refractivity contribution in [3.63, 3.8) is 0 Å². The molecule has 30 heavy (non-hydrogen) atoms. The van der Waals surface area contributed by atoms with Gasteiger partial charge in [0.15, 0.2) is 5.16 Å². The van der Waals surface area contributed by atoms with Crippen LogP contribution in [0.25, 0.3) is 21.3 Å². The maximum absolute atomic E-state index is 12.9. The van der Waals surface area contributed by atoms with Crippen LogP contribution in [0.15, 0.2) is 76.0 Å². The molecule has 0 bridgehead atoms. The van der Waals surface area contributed by atoms with Gasteiger partial charge in [0.1, 0.15) is 4.83 Å². The molecule has 0 aliphatic heterocycles. The number of nitrogens with zero attached hydrogens (tertiary/aromatic N) is 3. The minimum Gasteiger partial charge on any atom is -0.341 e. The zero-order chi connectivity index (χ0) is 21.1.